The van der Waals surface area contributed by atoms with E-state index in [2.05, 4.69) is 30.7 Å². The van der Waals surface area contributed by atoms with Gasteiger partial charge in [0.15, 0.2) is 0 Å². The summed E-state index contributed by atoms with van der Waals surface area (Å²) < 4.78 is 0. The van der Waals surface area contributed by atoms with Crippen LogP contribution in [0.3, 0.4) is 0 Å². The average molecular weight is 252 g/mol. The number of aryl methyl sites for hydroxylation is 1. The maximum absolute atomic E-state index is 6.65. The molecule has 0 atom stereocenters. The molecule has 7 heteroatoms. The lowest BCUT2D eigenvalue weighted by Crippen LogP contribution is -2.34. The SMILES string of the molecule is [C-]#[N+]NC(=NC)NCCSCc1nc[nH]c1C. The van der Waals surface area contributed by atoms with Crippen LogP contribution in [0.15, 0.2) is 11.3 Å². The van der Waals surface area contributed by atoms with Gasteiger partial charge in [0.05, 0.1) is 12.0 Å². The van der Waals surface area contributed by atoms with Crippen LogP contribution in [0.4, 0.5) is 0 Å². The number of hydrogen-bond acceptors (Lipinski definition) is 3. The van der Waals surface area contributed by atoms with E-state index in [1.807, 2.05) is 6.92 Å². The first-order valence-electron chi connectivity index (χ1n) is 5.17. The van der Waals surface area contributed by atoms with E-state index in [1.165, 1.54) is 0 Å². The van der Waals surface area contributed by atoms with Crippen LogP contribution in [0.2, 0.25) is 0 Å². The molecule has 0 aromatic carbocycles. The van der Waals surface area contributed by atoms with Crippen LogP contribution in [0, 0.1) is 13.5 Å². The van der Waals surface area contributed by atoms with Gasteiger partial charge in [0.25, 0.3) is 5.96 Å². The van der Waals surface area contributed by atoms with Crippen LogP contribution in [-0.4, -0.2) is 35.3 Å². The second kappa shape index (κ2) is 7.57. The molecule has 0 fully saturated rings. The maximum atomic E-state index is 6.65. The van der Waals surface area contributed by atoms with Crippen molar-refractivity contribution in [3.05, 3.63) is 29.2 Å². The van der Waals surface area contributed by atoms with Crippen molar-refractivity contribution in [2.45, 2.75) is 12.7 Å². The fraction of sp³-hybridized carbons (Fsp3) is 0.500. The molecule has 0 aliphatic rings. The highest BCUT2D eigenvalue weighted by Gasteiger charge is 2.01. The predicted molar refractivity (Wildman–Crippen MR) is 70.6 cm³/mol. The van der Waals surface area contributed by atoms with Gasteiger partial charge in [-0.05, 0) is 6.92 Å². The average Bonchev–Trinajstić information content (AvgIpc) is 2.73. The minimum absolute atomic E-state index is 0.511. The summed E-state index contributed by atoms with van der Waals surface area (Å²) in [5, 5.41) is 3.04. The van der Waals surface area contributed by atoms with E-state index in [9.17, 15) is 0 Å². The fourth-order valence-corrected chi connectivity index (χ4v) is 2.04. The number of rotatable bonds is 5. The van der Waals surface area contributed by atoms with Gasteiger partial charge in [-0.25, -0.2) is 4.98 Å². The third-order valence-electron chi connectivity index (χ3n) is 2.10. The molecule has 1 aromatic rings. The number of aliphatic imine (C=N–C) groups is 1. The number of nitrogens with zero attached hydrogens (tertiary/aromatic N) is 3. The summed E-state index contributed by atoms with van der Waals surface area (Å²) in [7, 11) is 1.64. The van der Waals surface area contributed by atoms with E-state index < -0.39 is 0 Å². The summed E-state index contributed by atoms with van der Waals surface area (Å²) in [6.45, 7) is 9.43. The summed E-state index contributed by atoms with van der Waals surface area (Å²) in [6, 6.07) is 0. The summed E-state index contributed by atoms with van der Waals surface area (Å²) in [6.07, 6.45) is 1.71. The number of guanidine groups is 1. The van der Waals surface area contributed by atoms with Crippen LogP contribution in [0.5, 0.6) is 0 Å². The van der Waals surface area contributed by atoms with Gasteiger partial charge in [0.1, 0.15) is 0 Å². The van der Waals surface area contributed by atoms with Crippen LogP contribution in [-0.2, 0) is 5.75 Å². The molecule has 0 spiro atoms. The normalized spacial score (nSPS) is 11.0. The number of nitrogens with one attached hydrogen (secondary N) is 3. The highest BCUT2D eigenvalue weighted by molar-refractivity contribution is 7.98. The zero-order valence-electron chi connectivity index (χ0n) is 9.95. The van der Waals surface area contributed by atoms with E-state index in [0.29, 0.717) is 5.96 Å². The van der Waals surface area contributed by atoms with Crippen LogP contribution in [0.1, 0.15) is 11.4 Å². The second-order valence-electron chi connectivity index (χ2n) is 3.25. The Morgan fingerprint density at radius 3 is 3.12 bits per heavy atom. The van der Waals surface area contributed by atoms with Gasteiger partial charge in [-0.1, -0.05) is 5.43 Å². The zero-order chi connectivity index (χ0) is 12.5. The molecule has 0 aliphatic carbocycles. The number of H-pyrrole nitrogens is 1. The van der Waals surface area contributed by atoms with Crippen LogP contribution in [0.25, 0.3) is 4.95 Å². The Bertz CT molecular complexity index is 405. The highest BCUT2D eigenvalue weighted by atomic mass is 32.2. The molecule has 1 rings (SSSR count). The van der Waals surface area contributed by atoms with Gasteiger partial charge in [-0.2, -0.15) is 23.3 Å². The molecule has 0 amide bonds. The number of imidazole rings is 1. The van der Waals surface area contributed by atoms with Crippen molar-refractivity contribution >= 4 is 17.7 Å². The van der Waals surface area contributed by atoms with Gasteiger partial charge in [-0.3, -0.25) is 4.99 Å². The molecule has 0 saturated heterocycles. The monoisotopic (exact) mass is 252 g/mol. The van der Waals surface area contributed by atoms with Crippen LogP contribution >= 0.6 is 11.8 Å². The number of aromatic amines is 1. The molecule has 92 valence electrons. The molecule has 3 N–H and O–H groups in total. The molecular formula is C10H16N6S. The summed E-state index contributed by atoms with van der Waals surface area (Å²) in [5.74, 6) is 2.34. The van der Waals surface area contributed by atoms with E-state index in [1.54, 1.807) is 25.1 Å². The first kappa shape index (κ1) is 13.4. The van der Waals surface area contributed by atoms with Crippen molar-refractivity contribution in [3.8, 4) is 0 Å². The summed E-state index contributed by atoms with van der Waals surface area (Å²) in [4.78, 5) is 14.2. The molecule has 0 bridgehead atoms. The Labute approximate surface area is 105 Å². The third-order valence-corrected chi connectivity index (χ3v) is 3.07. The van der Waals surface area contributed by atoms with Crippen molar-refractivity contribution in [2.75, 3.05) is 19.3 Å². The standard InChI is InChI=1S/C10H16N6S/c1-8-9(15-7-14-8)6-17-5-4-13-10(11-2)16-12-3/h7H,4-6H2,1-2H3,(H,14,15)(H2,11,13,16). The molecule has 0 aliphatic heterocycles. The number of hydrogen-bond donors (Lipinski definition) is 3. The first-order chi connectivity index (χ1) is 8.27. The Kier molecular flexibility index (Phi) is 5.96. The minimum atomic E-state index is 0.511. The second-order valence-corrected chi connectivity index (χ2v) is 4.35. The first-order valence-corrected chi connectivity index (χ1v) is 6.33. The Morgan fingerprint density at radius 1 is 1.71 bits per heavy atom. The highest BCUT2D eigenvalue weighted by Crippen LogP contribution is 2.11. The largest absolute Gasteiger partial charge is 0.350 e. The lowest BCUT2D eigenvalue weighted by Gasteiger charge is -2.04. The zero-order valence-corrected chi connectivity index (χ0v) is 10.8. The van der Waals surface area contributed by atoms with Gasteiger partial charge in [0, 0.05) is 30.8 Å². The lowest BCUT2D eigenvalue weighted by atomic mass is 10.4. The molecule has 0 unspecified atom stereocenters. The van der Waals surface area contributed by atoms with Gasteiger partial charge >= 0.3 is 0 Å². The molecule has 1 heterocycles. The quantitative estimate of drug-likeness (QED) is 0.240. The minimum Gasteiger partial charge on any atom is -0.350 e. The maximum Gasteiger partial charge on any atom is 0.262 e. The lowest BCUT2D eigenvalue weighted by molar-refractivity contribution is 0.926. The van der Waals surface area contributed by atoms with Crippen LogP contribution < -0.4 is 10.7 Å². The number of aromatic nitrogens is 2. The number of thioether (sulfide) groups is 1. The van der Waals surface area contributed by atoms with Gasteiger partial charge < -0.3 is 10.3 Å². The summed E-state index contributed by atoms with van der Waals surface area (Å²) >= 11 is 1.79. The van der Waals surface area contributed by atoms with Crippen molar-refractivity contribution in [1.82, 2.24) is 20.7 Å². The van der Waals surface area contributed by atoms with Crippen molar-refractivity contribution in [2.24, 2.45) is 4.99 Å². The van der Waals surface area contributed by atoms with E-state index in [0.717, 1.165) is 29.4 Å². The topological polar surface area (TPSA) is 69.5 Å². The molecule has 0 saturated carbocycles. The third kappa shape index (κ3) is 4.78. The predicted octanol–water partition coefficient (Wildman–Crippen LogP) is 0.951. The molecule has 1 aromatic heterocycles. The molecule has 0 radical (unpaired) electrons. The molecule has 17 heavy (non-hydrogen) atoms. The smallest absolute Gasteiger partial charge is 0.262 e. The Hall–Kier alpha value is -1.68. The Balaban J connectivity index is 2.13. The van der Waals surface area contributed by atoms with Gasteiger partial charge in [0.2, 0.25) is 0 Å². The van der Waals surface area contributed by atoms with Crippen molar-refractivity contribution in [3.63, 3.8) is 0 Å². The summed E-state index contributed by atoms with van der Waals surface area (Å²) in [5.41, 5.74) is 4.67. The molecular weight excluding hydrogens is 236 g/mol. The fourth-order valence-electron chi connectivity index (χ4n) is 1.16. The van der Waals surface area contributed by atoms with E-state index in [4.69, 9.17) is 6.57 Å². The van der Waals surface area contributed by atoms with Crippen molar-refractivity contribution in [1.29, 1.82) is 0 Å². The molecule has 6 nitrogen and oxygen atoms in total. The van der Waals surface area contributed by atoms with Gasteiger partial charge in [-0.15, -0.1) is 0 Å². The van der Waals surface area contributed by atoms with Crippen molar-refractivity contribution < 1.29 is 0 Å². The van der Waals surface area contributed by atoms with E-state index in [-0.39, 0.29) is 0 Å². The van der Waals surface area contributed by atoms with E-state index >= 15 is 0 Å². The Morgan fingerprint density at radius 2 is 2.53 bits per heavy atom.